The van der Waals surface area contributed by atoms with Crippen LogP contribution in [0, 0.1) is 20.8 Å². The molecule has 3 rings (SSSR count). The number of esters is 1. The van der Waals surface area contributed by atoms with Crippen molar-refractivity contribution in [1.82, 2.24) is 0 Å². The third kappa shape index (κ3) is 5.71. The van der Waals surface area contributed by atoms with Crippen molar-refractivity contribution in [3.63, 3.8) is 0 Å². The van der Waals surface area contributed by atoms with Gasteiger partial charge in [-0.2, -0.15) is 0 Å². The first-order valence-electron chi connectivity index (χ1n) is 10.3. The number of hydrogen-bond acceptors (Lipinski definition) is 5. The van der Waals surface area contributed by atoms with E-state index in [0.29, 0.717) is 11.1 Å². The van der Waals surface area contributed by atoms with Crippen LogP contribution in [0.3, 0.4) is 0 Å². The maximum atomic E-state index is 13.2. The van der Waals surface area contributed by atoms with Gasteiger partial charge in [0.2, 0.25) is 5.78 Å². The molecule has 0 fully saturated rings. The second kappa shape index (κ2) is 9.92. The zero-order valence-electron chi connectivity index (χ0n) is 18.4. The third-order valence-electron chi connectivity index (χ3n) is 5.34. The lowest BCUT2D eigenvalue weighted by Gasteiger charge is -2.18. The summed E-state index contributed by atoms with van der Waals surface area (Å²) in [6.07, 6.45) is -1.49. The fraction of sp³-hybridized carbons (Fsp3) is 0.231. The minimum atomic E-state index is -3.64. The summed E-state index contributed by atoms with van der Waals surface area (Å²) in [7, 11) is -3.64. The predicted molar refractivity (Wildman–Crippen MR) is 123 cm³/mol. The van der Waals surface area contributed by atoms with Crippen LogP contribution in [0.2, 0.25) is 0 Å². The Bertz CT molecular complexity index is 1210. The third-order valence-corrected chi connectivity index (χ3v) is 7.07. The fourth-order valence-corrected chi connectivity index (χ4v) is 4.44. The van der Waals surface area contributed by atoms with E-state index < -0.39 is 27.7 Å². The Balaban J connectivity index is 1.77. The number of aryl methyl sites for hydroxylation is 3. The highest BCUT2D eigenvalue weighted by Gasteiger charge is 2.27. The molecule has 3 aromatic rings. The van der Waals surface area contributed by atoms with E-state index >= 15 is 0 Å². The minimum absolute atomic E-state index is 0.154. The maximum absolute atomic E-state index is 13.2. The number of sulfone groups is 1. The monoisotopic (exact) mass is 450 g/mol. The zero-order chi connectivity index (χ0) is 23.3. The molecule has 0 N–H and O–H groups in total. The molecule has 32 heavy (non-hydrogen) atoms. The van der Waals surface area contributed by atoms with Crippen LogP contribution in [-0.4, -0.2) is 25.9 Å². The highest BCUT2D eigenvalue weighted by Crippen LogP contribution is 2.25. The summed E-state index contributed by atoms with van der Waals surface area (Å²) >= 11 is 0. The first-order valence-corrected chi connectivity index (χ1v) is 12.0. The topological polar surface area (TPSA) is 77.5 Å². The minimum Gasteiger partial charge on any atom is -0.449 e. The Morgan fingerprint density at radius 3 is 2.12 bits per heavy atom. The lowest BCUT2D eigenvalue weighted by atomic mass is 9.97. The van der Waals surface area contributed by atoms with Gasteiger partial charge in [-0.05, 0) is 50.1 Å². The smallest absolute Gasteiger partial charge is 0.307 e. The van der Waals surface area contributed by atoms with Gasteiger partial charge in [0, 0.05) is 11.1 Å². The van der Waals surface area contributed by atoms with E-state index in [-0.39, 0.29) is 17.1 Å². The molecular formula is C26H26O5S. The number of ketones is 1. The highest BCUT2D eigenvalue weighted by molar-refractivity contribution is 7.91. The Morgan fingerprint density at radius 2 is 1.50 bits per heavy atom. The van der Waals surface area contributed by atoms with Crippen LogP contribution in [0.5, 0.6) is 0 Å². The number of carbonyl (C=O) groups is 2. The van der Waals surface area contributed by atoms with E-state index in [1.807, 2.05) is 26.8 Å². The van der Waals surface area contributed by atoms with Crippen molar-refractivity contribution in [2.75, 3.05) is 5.75 Å². The van der Waals surface area contributed by atoms with Gasteiger partial charge in [-0.3, -0.25) is 9.59 Å². The van der Waals surface area contributed by atoms with Crippen LogP contribution in [-0.2, 0) is 19.4 Å². The standard InChI is InChI=1S/C26H26O5S/c1-18-9-13-23(14-10-18)32(29,30)16-15-24(27)31-26(21-7-5-4-6-8-21)25(28)22-12-11-19(2)20(3)17-22/h4-14,17,26H,15-16H2,1-3H3/t26-/m0/s1. The van der Waals surface area contributed by atoms with Gasteiger partial charge in [0.15, 0.2) is 15.9 Å². The lowest BCUT2D eigenvalue weighted by Crippen LogP contribution is -2.22. The molecule has 166 valence electrons. The fourth-order valence-electron chi connectivity index (χ4n) is 3.22. The Morgan fingerprint density at radius 1 is 0.844 bits per heavy atom. The lowest BCUT2D eigenvalue weighted by molar-refractivity contribution is -0.146. The highest BCUT2D eigenvalue weighted by atomic mass is 32.2. The summed E-state index contributed by atoms with van der Waals surface area (Å²) < 4.78 is 30.6. The molecule has 0 amide bonds. The van der Waals surface area contributed by atoms with Crippen LogP contribution in [0.1, 0.15) is 45.1 Å². The normalized spacial score (nSPS) is 12.2. The Kier molecular flexibility index (Phi) is 7.26. The van der Waals surface area contributed by atoms with Gasteiger partial charge in [0.05, 0.1) is 17.1 Å². The average molecular weight is 451 g/mol. The van der Waals surface area contributed by atoms with Crippen molar-refractivity contribution >= 4 is 21.6 Å². The van der Waals surface area contributed by atoms with Gasteiger partial charge in [-0.1, -0.05) is 60.2 Å². The second-order valence-corrected chi connectivity index (χ2v) is 9.93. The van der Waals surface area contributed by atoms with Crippen LogP contribution >= 0.6 is 0 Å². The van der Waals surface area contributed by atoms with Gasteiger partial charge < -0.3 is 4.74 Å². The molecule has 0 saturated carbocycles. The largest absolute Gasteiger partial charge is 0.449 e. The first kappa shape index (κ1) is 23.4. The molecule has 0 aliphatic carbocycles. The van der Waals surface area contributed by atoms with E-state index in [2.05, 4.69) is 0 Å². The summed E-state index contributed by atoms with van der Waals surface area (Å²) in [6, 6.07) is 20.5. The summed E-state index contributed by atoms with van der Waals surface area (Å²) in [6.45, 7) is 5.72. The predicted octanol–water partition coefficient (Wildman–Crippen LogP) is 4.94. The molecule has 0 spiro atoms. The van der Waals surface area contributed by atoms with E-state index in [1.54, 1.807) is 54.6 Å². The van der Waals surface area contributed by atoms with Crippen molar-refractivity contribution in [1.29, 1.82) is 0 Å². The molecule has 0 bridgehead atoms. The molecule has 0 unspecified atom stereocenters. The quantitative estimate of drug-likeness (QED) is 0.359. The summed E-state index contributed by atoms with van der Waals surface area (Å²) in [5.41, 5.74) is 3.92. The van der Waals surface area contributed by atoms with E-state index in [0.717, 1.165) is 16.7 Å². The van der Waals surface area contributed by atoms with Gasteiger partial charge in [-0.25, -0.2) is 8.42 Å². The summed E-state index contributed by atoms with van der Waals surface area (Å²) in [4.78, 5) is 25.9. The number of carbonyl (C=O) groups excluding carboxylic acids is 2. The molecule has 1 atom stereocenters. The van der Waals surface area contributed by atoms with Crippen molar-refractivity contribution in [2.45, 2.75) is 38.2 Å². The zero-order valence-corrected chi connectivity index (χ0v) is 19.2. The molecule has 6 heteroatoms. The van der Waals surface area contributed by atoms with Gasteiger partial charge in [0.25, 0.3) is 0 Å². The molecule has 0 saturated heterocycles. The number of ether oxygens (including phenoxy) is 1. The molecular weight excluding hydrogens is 424 g/mol. The Hall–Kier alpha value is -3.25. The summed E-state index contributed by atoms with van der Waals surface area (Å²) in [5, 5.41) is 0. The van der Waals surface area contributed by atoms with E-state index in [9.17, 15) is 18.0 Å². The van der Waals surface area contributed by atoms with Crippen molar-refractivity contribution in [3.8, 4) is 0 Å². The van der Waals surface area contributed by atoms with Crippen molar-refractivity contribution in [2.24, 2.45) is 0 Å². The average Bonchev–Trinajstić information content (AvgIpc) is 2.78. The molecule has 5 nitrogen and oxygen atoms in total. The van der Waals surface area contributed by atoms with Crippen molar-refractivity contribution in [3.05, 3.63) is 101 Å². The maximum Gasteiger partial charge on any atom is 0.307 e. The van der Waals surface area contributed by atoms with Gasteiger partial charge in [-0.15, -0.1) is 0 Å². The molecule has 3 aromatic carbocycles. The number of benzene rings is 3. The molecule has 0 aliphatic rings. The molecule has 0 aromatic heterocycles. The number of rotatable bonds is 8. The molecule has 0 aliphatic heterocycles. The van der Waals surface area contributed by atoms with Gasteiger partial charge >= 0.3 is 5.97 Å². The number of Topliss-reactive ketones (excluding diaryl/α,β-unsaturated/α-hetero) is 1. The van der Waals surface area contributed by atoms with Crippen LogP contribution in [0.15, 0.2) is 77.7 Å². The first-order chi connectivity index (χ1) is 15.2. The summed E-state index contributed by atoms with van der Waals surface area (Å²) in [5.74, 6) is -1.49. The van der Waals surface area contributed by atoms with Crippen molar-refractivity contribution < 1.29 is 22.7 Å². The second-order valence-electron chi connectivity index (χ2n) is 7.83. The van der Waals surface area contributed by atoms with E-state index in [4.69, 9.17) is 4.74 Å². The Labute approximate surface area is 189 Å². The van der Waals surface area contributed by atoms with Crippen LogP contribution in [0.4, 0.5) is 0 Å². The molecule has 0 heterocycles. The molecule has 0 radical (unpaired) electrons. The van der Waals surface area contributed by atoms with Crippen LogP contribution in [0.25, 0.3) is 0 Å². The van der Waals surface area contributed by atoms with E-state index in [1.165, 1.54) is 12.1 Å². The SMILES string of the molecule is Cc1ccc(S(=O)(=O)CCC(=O)O[C@H](C(=O)c2ccc(C)c(C)c2)c2ccccc2)cc1. The van der Waals surface area contributed by atoms with Gasteiger partial charge in [0.1, 0.15) is 0 Å². The number of hydrogen-bond donors (Lipinski definition) is 0. The van der Waals surface area contributed by atoms with Crippen LogP contribution < -0.4 is 0 Å².